The van der Waals surface area contributed by atoms with Crippen molar-refractivity contribution in [2.75, 3.05) is 32.8 Å². The second-order valence-electron chi connectivity index (χ2n) is 5.75. The number of ether oxygens (including phenoxy) is 1. The average molecular weight is 275 g/mol. The van der Waals surface area contributed by atoms with Gasteiger partial charge in [0.1, 0.15) is 6.10 Å². The molecule has 0 spiro atoms. The molecule has 2 N–H and O–H groups in total. The number of quaternary nitrogens is 1. The number of fused-ring (bicyclic) bond motifs is 1. The molecule has 4 heteroatoms. The highest BCUT2D eigenvalue weighted by Gasteiger charge is 2.23. The summed E-state index contributed by atoms with van der Waals surface area (Å²) in [5, 5.41) is 3.04. The third kappa shape index (κ3) is 3.19. The molecule has 0 saturated carbocycles. The molecule has 0 radical (unpaired) electrons. The number of hydrogen-bond acceptors (Lipinski definition) is 2. The van der Waals surface area contributed by atoms with Crippen molar-refractivity contribution in [1.82, 2.24) is 5.32 Å². The molecule has 1 atom stereocenters. The molecule has 4 nitrogen and oxygen atoms in total. The van der Waals surface area contributed by atoms with Crippen LogP contribution in [0, 0.1) is 0 Å². The van der Waals surface area contributed by atoms with E-state index in [-0.39, 0.29) is 12.0 Å². The standard InChI is InChI=1S/C16H22N2O2/c19-16(12-18-8-3-4-9-18)17-11-15-14-6-2-1-5-13(14)7-10-20-15/h1-2,5-6,15H,3-4,7-12H2,(H,17,19)/p+1/t15-/m0/s1. The SMILES string of the molecule is O=C(C[NH+]1CCCC1)NC[C@@H]1OCCc2ccccc21. The number of carbonyl (C=O) groups excluding carboxylic acids is 1. The van der Waals surface area contributed by atoms with Crippen LogP contribution in [-0.2, 0) is 16.0 Å². The van der Waals surface area contributed by atoms with E-state index in [1.807, 2.05) is 6.07 Å². The highest BCUT2D eigenvalue weighted by atomic mass is 16.5. The van der Waals surface area contributed by atoms with Crippen LogP contribution in [0.3, 0.4) is 0 Å². The molecule has 0 aromatic heterocycles. The lowest BCUT2D eigenvalue weighted by molar-refractivity contribution is -0.879. The number of benzene rings is 1. The summed E-state index contributed by atoms with van der Waals surface area (Å²) in [4.78, 5) is 13.4. The van der Waals surface area contributed by atoms with Gasteiger partial charge in [-0.3, -0.25) is 4.79 Å². The fourth-order valence-corrected chi connectivity index (χ4v) is 3.19. The van der Waals surface area contributed by atoms with Gasteiger partial charge in [0, 0.05) is 19.4 Å². The number of carbonyl (C=O) groups is 1. The number of hydrogen-bond donors (Lipinski definition) is 2. The molecule has 1 amide bonds. The highest BCUT2D eigenvalue weighted by Crippen LogP contribution is 2.25. The van der Waals surface area contributed by atoms with Crippen LogP contribution >= 0.6 is 0 Å². The van der Waals surface area contributed by atoms with Gasteiger partial charge in [0.25, 0.3) is 5.91 Å². The van der Waals surface area contributed by atoms with Crippen molar-refractivity contribution >= 4 is 5.91 Å². The van der Waals surface area contributed by atoms with Crippen LogP contribution in [0.5, 0.6) is 0 Å². The summed E-state index contributed by atoms with van der Waals surface area (Å²) < 4.78 is 5.80. The first-order valence-electron chi connectivity index (χ1n) is 7.62. The van der Waals surface area contributed by atoms with Crippen molar-refractivity contribution in [2.45, 2.75) is 25.4 Å². The van der Waals surface area contributed by atoms with E-state index < -0.39 is 0 Å². The van der Waals surface area contributed by atoms with E-state index in [9.17, 15) is 4.79 Å². The van der Waals surface area contributed by atoms with Crippen molar-refractivity contribution in [3.8, 4) is 0 Å². The molecule has 1 saturated heterocycles. The van der Waals surface area contributed by atoms with Crippen LogP contribution in [0.1, 0.15) is 30.1 Å². The zero-order valence-electron chi connectivity index (χ0n) is 11.9. The third-order valence-corrected chi connectivity index (χ3v) is 4.30. The van der Waals surface area contributed by atoms with Crippen molar-refractivity contribution in [3.63, 3.8) is 0 Å². The predicted octanol–water partition coefficient (Wildman–Crippen LogP) is 0.0953. The molecular weight excluding hydrogens is 252 g/mol. The molecule has 1 fully saturated rings. The molecule has 108 valence electrons. The van der Waals surface area contributed by atoms with Gasteiger partial charge < -0.3 is 15.0 Å². The minimum atomic E-state index is 0.0116. The van der Waals surface area contributed by atoms with E-state index in [1.165, 1.54) is 28.9 Å². The predicted molar refractivity (Wildman–Crippen MR) is 76.6 cm³/mol. The Hall–Kier alpha value is -1.39. The second-order valence-corrected chi connectivity index (χ2v) is 5.75. The van der Waals surface area contributed by atoms with E-state index in [0.717, 1.165) is 26.1 Å². The zero-order chi connectivity index (χ0) is 13.8. The second kappa shape index (κ2) is 6.37. The monoisotopic (exact) mass is 275 g/mol. The fraction of sp³-hybridized carbons (Fsp3) is 0.562. The molecule has 2 aliphatic rings. The molecule has 1 aromatic carbocycles. The lowest BCUT2D eigenvalue weighted by Crippen LogP contribution is -3.11. The Kier molecular flexibility index (Phi) is 4.33. The molecule has 0 unspecified atom stereocenters. The van der Waals surface area contributed by atoms with Crippen LogP contribution in [0.15, 0.2) is 24.3 Å². The zero-order valence-corrected chi connectivity index (χ0v) is 11.9. The van der Waals surface area contributed by atoms with E-state index in [2.05, 4.69) is 23.5 Å². The minimum absolute atomic E-state index is 0.0116. The van der Waals surface area contributed by atoms with Gasteiger partial charge in [-0.1, -0.05) is 24.3 Å². The maximum Gasteiger partial charge on any atom is 0.275 e. The Labute approximate surface area is 120 Å². The van der Waals surface area contributed by atoms with E-state index in [4.69, 9.17) is 4.74 Å². The Balaban J connectivity index is 1.52. The molecule has 3 rings (SSSR count). The normalized spacial score (nSPS) is 22.5. The van der Waals surface area contributed by atoms with Crippen LogP contribution < -0.4 is 10.2 Å². The largest absolute Gasteiger partial charge is 0.371 e. The van der Waals surface area contributed by atoms with Crippen LogP contribution in [-0.4, -0.2) is 38.7 Å². The maximum atomic E-state index is 12.0. The van der Waals surface area contributed by atoms with Crippen molar-refractivity contribution in [2.24, 2.45) is 0 Å². The first-order chi connectivity index (χ1) is 9.83. The van der Waals surface area contributed by atoms with Crippen molar-refractivity contribution in [3.05, 3.63) is 35.4 Å². The van der Waals surface area contributed by atoms with Gasteiger partial charge in [0.2, 0.25) is 0 Å². The average Bonchev–Trinajstić information content (AvgIpc) is 2.98. The minimum Gasteiger partial charge on any atom is -0.371 e. The lowest BCUT2D eigenvalue weighted by Gasteiger charge is -2.26. The number of rotatable bonds is 4. The van der Waals surface area contributed by atoms with E-state index in [1.54, 1.807) is 0 Å². The quantitative estimate of drug-likeness (QED) is 0.818. The Bertz CT molecular complexity index is 469. The highest BCUT2D eigenvalue weighted by molar-refractivity contribution is 5.76. The van der Waals surface area contributed by atoms with Crippen LogP contribution in [0.4, 0.5) is 0 Å². The fourth-order valence-electron chi connectivity index (χ4n) is 3.19. The molecule has 1 aromatic rings. The molecule has 2 heterocycles. The topological polar surface area (TPSA) is 42.8 Å². The molecule has 0 aliphatic carbocycles. The maximum absolute atomic E-state index is 12.0. The summed E-state index contributed by atoms with van der Waals surface area (Å²) in [6.07, 6.45) is 3.49. The van der Waals surface area contributed by atoms with Gasteiger partial charge in [-0.2, -0.15) is 0 Å². The van der Waals surface area contributed by atoms with E-state index >= 15 is 0 Å². The molecule has 20 heavy (non-hydrogen) atoms. The number of likely N-dealkylation sites (tertiary alicyclic amines) is 1. The molecular formula is C16H23N2O2+. The van der Waals surface area contributed by atoms with Gasteiger partial charge in [0.15, 0.2) is 6.54 Å². The van der Waals surface area contributed by atoms with Crippen molar-refractivity contribution < 1.29 is 14.4 Å². The van der Waals surface area contributed by atoms with Gasteiger partial charge in [-0.25, -0.2) is 0 Å². The summed E-state index contributed by atoms with van der Waals surface area (Å²) >= 11 is 0. The summed E-state index contributed by atoms with van der Waals surface area (Å²) in [6, 6.07) is 8.37. The Morgan fingerprint density at radius 2 is 2.10 bits per heavy atom. The lowest BCUT2D eigenvalue weighted by atomic mass is 9.97. The molecule has 2 aliphatic heterocycles. The van der Waals surface area contributed by atoms with Crippen LogP contribution in [0.25, 0.3) is 0 Å². The van der Waals surface area contributed by atoms with Crippen molar-refractivity contribution in [1.29, 1.82) is 0 Å². The first kappa shape index (κ1) is 13.6. The Morgan fingerprint density at radius 1 is 1.30 bits per heavy atom. The van der Waals surface area contributed by atoms with Gasteiger partial charge in [0.05, 0.1) is 19.7 Å². The van der Waals surface area contributed by atoms with Crippen LogP contribution in [0.2, 0.25) is 0 Å². The first-order valence-corrected chi connectivity index (χ1v) is 7.62. The summed E-state index contributed by atoms with van der Waals surface area (Å²) in [6.45, 7) is 4.21. The number of nitrogens with one attached hydrogen (secondary N) is 2. The van der Waals surface area contributed by atoms with E-state index in [0.29, 0.717) is 13.1 Å². The third-order valence-electron chi connectivity index (χ3n) is 4.30. The summed E-state index contributed by atoms with van der Waals surface area (Å²) in [5.41, 5.74) is 2.58. The Morgan fingerprint density at radius 3 is 2.95 bits per heavy atom. The summed E-state index contributed by atoms with van der Waals surface area (Å²) in [7, 11) is 0. The van der Waals surface area contributed by atoms with Gasteiger partial charge >= 0.3 is 0 Å². The molecule has 0 bridgehead atoms. The van der Waals surface area contributed by atoms with Gasteiger partial charge in [-0.15, -0.1) is 0 Å². The smallest absolute Gasteiger partial charge is 0.275 e. The van der Waals surface area contributed by atoms with Gasteiger partial charge in [-0.05, 0) is 17.5 Å². The number of amides is 1. The summed E-state index contributed by atoms with van der Waals surface area (Å²) in [5.74, 6) is 0.147.